The van der Waals surface area contributed by atoms with Gasteiger partial charge in [0.15, 0.2) is 0 Å². The number of likely N-dealkylation sites (tertiary alicyclic amines) is 1. The third-order valence-electron chi connectivity index (χ3n) is 5.22. The van der Waals surface area contributed by atoms with E-state index in [1.807, 2.05) is 30.3 Å². The molecule has 1 heterocycles. The summed E-state index contributed by atoms with van der Waals surface area (Å²) in [4.78, 5) is 16.1. The van der Waals surface area contributed by atoms with Gasteiger partial charge < -0.3 is 9.64 Å². The number of hydrogen-bond acceptors (Lipinski definition) is 5. The third kappa shape index (κ3) is 7.95. The van der Waals surface area contributed by atoms with Gasteiger partial charge in [-0.1, -0.05) is 30.3 Å². The number of ether oxygens (including phenoxy) is 1. The number of sulfonamides is 1. The van der Waals surface area contributed by atoms with E-state index in [9.17, 15) is 13.2 Å². The summed E-state index contributed by atoms with van der Waals surface area (Å²) in [5.41, 5.74) is 0.931. The van der Waals surface area contributed by atoms with Crippen LogP contribution in [0.2, 0.25) is 0 Å². The molecule has 0 spiro atoms. The zero-order valence-corrected chi connectivity index (χ0v) is 18.8. The number of nitrogens with zero attached hydrogens (tertiary/aromatic N) is 2. The smallest absolute Gasteiger partial charge is 0.410 e. The molecule has 1 unspecified atom stereocenters. The monoisotopic (exact) mass is 425 g/mol. The topological polar surface area (TPSA) is 79.0 Å². The Hall–Kier alpha value is -1.64. The Morgan fingerprint density at radius 2 is 1.86 bits per heavy atom. The molecule has 1 aromatic carbocycles. The van der Waals surface area contributed by atoms with E-state index in [4.69, 9.17) is 4.74 Å². The molecule has 164 valence electrons. The first-order valence-corrected chi connectivity index (χ1v) is 12.0. The predicted molar refractivity (Wildman–Crippen MR) is 115 cm³/mol. The molecule has 2 rings (SSSR count). The summed E-state index contributed by atoms with van der Waals surface area (Å²) in [5.74, 6) is -0.0261. The van der Waals surface area contributed by atoms with Crippen LogP contribution in [0.5, 0.6) is 0 Å². The zero-order valence-electron chi connectivity index (χ0n) is 18.0. The Morgan fingerprint density at radius 3 is 2.48 bits per heavy atom. The van der Waals surface area contributed by atoms with Gasteiger partial charge in [-0.05, 0) is 45.6 Å². The molecule has 0 saturated carbocycles. The maximum atomic E-state index is 12.4. The molecular weight excluding hydrogens is 390 g/mol. The van der Waals surface area contributed by atoms with Gasteiger partial charge in [0.2, 0.25) is 10.0 Å². The second kappa shape index (κ2) is 10.9. The number of hydrogen-bond donors (Lipinski definition) is 1. The number of benzene rings is 1. The highest BCUT2D eigenvalue weighted by Crippen LogP contribution is 2.19. The molecule has 0 aromatic heterocycles. The van der Waals surface area contributed by atoms with Gasteiger partial charge in [0.1, 0.15) is 6.61 Å². The number of nitrogens with one attached hydrogen (secondary N) is 1. The van der Waals surface area contributed by atoms with Crippen LogP contribution in [0.1, 0.15) is 39.7 Å². The summed E-state index contributed by atoms with van der Waals surface area (Å²) >= 11 is 0. The minimum atomic E-state index is -3.37. The van der Waals surface area contributed by atoms with E-state index >= 15 is 0 Å². The van der Waals surface area contributed by atoms with E-state index in [1.54, 1.807) is 4.90 Å². The first kappa shape index (κ1) is 23.6. The van der Waals surface area contributed by atoms with E-state index in [1.165, 1.54) is 0 Å². The van der Waals surface area contributed by atoms with Crippen LogP contribution in [0.4, 0.5) is 4.79 Å². The minimum Gasteiger partial charge on any atom is -0.445 e. The fraction of sp³-hybridized carbons (Fsp3) is 0.667. The van der Waals surface area contributed by atoms with E-state index in [0.29, 0.717) is 44.7 Å². The van der Waals surface area contributed by atoms with Gasteiger partial charge in [0.25, 0.3) is 0 Å². The molecule has 0 radical (unpaired) electrons. The second-order valence-corrected chi connectivity index (χ2v) is 10.1. The van der Waals surface area contributed by atoms with Crippen molar-refractivity contribution < 1.29 is 17.9 Å². The molecule has 1 aliphatic rings. The summed E-state index contributed by atoms with van der Waals surface area (Å²) in [6.07, 6.45) is 0.289. The lowest BCUT2D eigenvalue weighted by Gasteiger charge is -2.30. The average molecular weight is 426 g/mol. The van der Waals surface area contributed by atoms with Crippen molar-refractivity contribution in [2.45, 2.75) is 52.8 Å². The van der Waals surface area contributed by atoms with Crippen LogP contribution in [0.25, 0.3) is 0 Å². The van der Waals surface area contributed by atoms with E-state index in [-0.39, 0.29) is 24.4 Å². The lowest BCUT2D eigenvalue weighted by atomic mass is 10.2. The van der Waals surface area contributed by atoms with Crippen molar-refractivity contribution in [2.24, 2.45) is 5.92 Å². The van der Waals surface area contributed by atoms with Gasteiger partial charge >= 0.3 is 6.09 Å². The highest BCUT2D eigenvalue weighted by molar-refractivity contribution is 7.89. The zero-order chi connectivity index (χ0) is 21.4. The van der Waals surface area contributed by atoms with Crippen LogP contribution in [0.3, 0.4) is 0 Å². The van der Waals surface area contributed by atoms with Crippen molar-refractivity contribution in [3.8, 4) is 0 Å². The summed E-state index contributed by atoms with van der Waals surface area (Å²) < 4.78 is 32.9. The Labute approximate surface area is 175 Å². The van der Waals surface area contributed by atoms with E-state index < -0.39 is 10.0 Å². The normalized spacial score (nSPS) is 17.5. The van der Waals surface area contributed by atoms with Gasteiger partial charge in [0, 0.05) is 38.3 Å². The molecular formula is C21H35N3O4S. The molecule has 1 amide bonds. The van der Waals surface area contributed by atoms with Gasteiger partial charge in [-0.25, -0.2) is 17.9 Å². The van der Waals surface area contributed by atoms with Crippen LogP contribution in [-0.4, -0.2) is 68.3 Å². The Morgan fingerprint density at radius 1 is 1.21 bits per heavy atom. The van der Waals surface area contributed by atoms with Crippen molar-refractivity contribution >= 4 is 16.1 Å². The van der Waals surface area contributed by atoms with Crippen LogP contribution < -0.4 is 4.72 Å². The Balaban J connectivity index is 1.74. The average Bonchev–Trinajstić information content (AvgIpc) is 3.11. The Kier molecular flexibility index (Phi) is 8.92. The fourth-order valence-corrected chi connectivity index (χ4v) is 5.17. The molecule has 1 aliphatic heterocycles. The highest BCUT2D eigenvalue weighted by atomic mass is 32.2. The van der Waals surface area contributed by atoms with E-state index in [0.717, 1.165) is 5.56 Å². The van der Waals surface area contributed by atoms with Gasteiger partial charge in [-0.3, -0.25) is 4.90 Å². The standard InChI is InChI=1S/C21H35N3O4S/c1-17(2)24(18(3)4)13-11-22-29(26,27)16-20-10-12-23(14-20)21(25)28-15-19-8-6-5-7-9-19/h5-9,17-18,20,22H,10-16H2,1-4H3. The molecule has 8 heteroatoms. The first-order chi connectivity index (χ1) is 13.7. The van der Waals surface area contributed by atoms with Crippen molar-refractivity contribution in [1.29, 1.82) is 0 Å². The van der Waals surface area contributed by atoms with Crippen molar-refractivity contribution in [3.63, 3.8) is 0 Å². The van der Waals surface area contributed by atoms with Gasteiger partial charge in [0.05, 0.1) is 5.75 Å². The molecule has 1 atom stereocenters. The van der Waals surface area contributed by atoms with Crippen molar-refractivity contribution in [1.82, 2.24) is 14.5 Å². The minimum absolute atomic E-state index is 0.0405. The van der Waals surface area contributed by atoms with Crippen LogP contribution in [0.15, 0.2) is 30.3 Å². The fourth-order valence-electron chi connectivity index (χ4n) is 3.76. The molecule has 7 nitrogen and oxygen atoms in total. The number of amides is 1. The van der Waals surface area contributed by atoms with Gasteiger partial charge in [-0.2, -0.15) is 0 Å². The summed E-state index contributed by atoms with van der Waals surface area (Å²) in [6, 6.07) is 10.2. The molecule has 0 bridgehead atoms. The first-order valence-electron chi connectivity index (χ1n) is 10.4. The maximum absolute atomic E-state index is 12.4. The highest BCUT2D eigenvalue weighted by Gasteiger charge is 2.30. The second-order valence-electron chi connectivity index (χ2n) is 8.24. The summed E-state index contributed by atoms with van der Waals surface area (Å²) in [5, 5.41) is 0. The summed E-state index contributed by atoms with van der Waals surface area (Å²) in [7, 11) is -3.37. The van der Waals surface area contributed by atoms with Crippen LogP contribution in [-0.2, 0) is 21.4 Å². The predicted octanol–water partition coefficient (Wildman–Crippen LogP) is 2.68. The lowest BCUT2D eigenvalue weighted by molar-refractivity contribution is 0.103. The molecule has 1 N–H and O–H groups in total. The van der Waals surface area contributed by atoms with Crippen molar-refractivity contribution in [2.75, 3.05) is 31.9 Å². The molecule has 29 heavy (non-hydrogen) atoms. The third-order valence-corrected chi connectivity index (χ3v) is 6.78. The Bertz CT molecular complexity index is 730. The number of carbonyl (C=O) groups excluding carboxylic acids is 1. The number of rotatable bonds is 10. The molecule has 1 fully saturated rings. The largest absolute Gasteiger partial charge is 0.445 e. The number of carbonyl (C=O) groups is 1. The lowest BCUT2D eigenvalue weighted by Crippen LogP contribution is -2.43. The molecule has 1 saturated heterocycles. The SMILES string of the molecule is CC(C)N(CCNS(=O)(=O)CC1CCN(C(=O)OCc2ccccc2)C1)C(C)C. The molecule has 1 aromatic rings. The van der Waals surface area contributed by atoms with Gasteiger partial charge in [-0.15, -0.1) is 0 Å². The summed E-state index contributed by atoms with van der Waals surface area (Å²) in [6.45, 7) is 10.7. The quantitative estimate of drug-likeness (QED) is 0.624. The maximum Gasteiger partial charge on any atom is 0.410 e. The van der Waals surface area contributed by atoms with E-state index in [2.05, 4.69) is 37.3 Å². The van der Waals surface area contributed by atoms with Crippen molar-refractivity contribution in [3.05, 3.63) is 35.9 Å². The van der Waals surface area contributed by atoms with Crippen LogP contribution in [0, 0.1) is 5.92 Å². The molecule has 0 aliphatic carbocycles. The van der Waals surface area contributed by atoms with Crippen LogP contribution >= 0.6 is 0 Å².